The maximum absolute atomic E-state index is 12.3. The molecule has 1 aromatic carbocycles. The molecule has 0 unspecified atom stereocenters. The van der Waals surface area contributed by atoms with Crippen LogP contribution in [0.3, 0.4) is 0 Å². The molecular formula is C14H16N2O3. The van der Waals surface area contributed by atoms with Gasteiger partial charge in [-0.3, -0.25) is 14.8 Å². The summed E-state index contributed by atoms with van der Waals surface area (Å²) in [6, 6.07) is 7.12. The highest BCUT2D eigenvalue weighted by molar-refractivity contribution is 5.99. The second-order valence-corrected chi connectivity index (χ2v) is 4.40. The van der Waals surface area contributed by atoms with E-state index in [1.165, 1.54) is 17.6 Å². The molecule has 0 bridgehead atoms. The van der Waals surface area contributed by atoms with Crippen molar-refractivity contribution in [3.05, 3.63) is 41.5 Å². The molecule has 1 heterocycles. The quantitative estimate of drug-likeness (QED) is 0.491. The zero-order valence-electron chi connectivity index (χ0n) is 10.5. The predicted octanol–water partition coefficient (Wildman–Crippen LogP) is 1.44. The number of hydrogen-bond donors (Lipinski definition) is 2. The number of nitrogens with zero attached hydrogens (tertiary/aromatic N) is 1. The van der Waals surface area contributed by atoms with Gasteiger partial charge in [-0.05, 0) is 30.5 Å². The van der Waals surface area contributed by atoms with Gasteiger partial charge < -0.3 is 4.90 Å². The molecule has 0 spiro atoms. The number of hydrogen-bond acceptors (Lipinski definition) is 3. The standard InChI is InChI=1S/C14H16N2O3/c17-13(15-19)8-7-11-5-1-2-6-12(11)14(18)16-9-3-4-10-16/h1-2,5-8,19H,3-4,9-10H2,(H,15,17)/b8-7+. The van der Waals surface area contributed by atoms with Crippen LogP contribution in [0, 0.1) is 0 Å². The average molecular weight is 260 g/mol. The number of nitrogens with one attached hydrogen (secondary N) is 1. The van der Waals surface area contributed by atoms with Crippen molar-refractivity contribution < 1.29 is 14.8 Å². The first-order chi connectivity index (χ1) is 9.22. The zero-order valence-corrected chi connectivity index (χ0v) is 10.5. The number of amides is 2. The van der Waals surface area contributed by atoms with E-state index in [1.807, 2.05) is 4.90 Å². The normalized spacial score (nSPS) is 14.9. The maximum Gasteiger partial charge on any atom is 0.267 e. The number of carbonyl (C=O) groups is 2. The van der Waals surface area contributed by atoms with E-state index in [0.717, 1.165) is 25.9 Å². The predicted molar refractivity (Wildman–Crippen MR) is 70.5 cm³/mol. The van der Waals surface area contributed by atoms with Gasteiger partial charge in [0.2, 0.25) is 0 Å². The van der Waals surface area contributed by atoms with E-state index in [9.17, 15) is 9.59 Å². The molecule has 5 nitrogen and oxygen atoms in total. The molecule has 2 N–H and O–H groups in total. The van der Waals surface area contributed by atoms with Gasteiger partial charge in [-0.1, -0.05) is 18.2 Å². The number of likely N-dealkylation sites (tertiary alicyclic amines) is 1. The van der Waals surface area contributed by atoms with Crippen LogP contribution in [0.25, 0.3) is 6.08 Å². The van der Waals surface area contributed by atoms with Gasteiger partial charge >= 0.3 is 0 Å². The van der Waals surface area contributed by atoms with Crippen LogP contribution in [0.4, 0.5) is 0 Å². The summed E-state index contributed by atoms with van der Waals surface area (Å²) in [7, 11) is 0. The van der Waals surface area contributed by atoms with Crippen LogP contribution in [0.15, 0.2) is 30.3 Å². The molecule has 0 radical (unpaired) electrons. The van der Waals surface area contributed by atoms with Crippen LogP contribution >= 0.6 is 0 Å². The first-order valence-electron chi connectivity index (χ1n) is 6.23. The molecule has 1 fully saturated rings. The number of hydroxylamine groups is 1. The number of rotatable bonds is 3. The van der Waals surface area contributed by atoms with Crippen LogP contribution in [0.2, 0.25) is 0 Å². The average Bonchev–Trinajstić information content (AvgIpc) is 2.98. The van der Waals surface area contributed by atoms with Crippen molar-refractivity contribution in [2.24, 2.45) is 0 Å². The molecule has 5 heteroatoms. The summed E-state index contributed by atoms with van der Waals surface area (Å²) in [4.78, 5) is 25.1. The lowest BCUT2D eigenvalue weighted by molar-refractivity contribution is -0.124. The largest absolute Gasteiger partial charge is 0.339 e. The molecule has 19 heavy (non-hydrogen) atoms. The topological polar surface area (TPSA) is 69.6 Å². The van der Waals surface area contributed by atoms with Crippen molar-refractivity contribution >= 4 is 17.9 Å². The Morgan fingerprint density at radius 1 is 1.21 bits per heavy atom. The van der Waals surface area contributed by atoms with Crippen molar-refractivity contribution in [3.8, 4) is 0 Å². The fourth-order valence-electron chi connectivity index (χ4n) is 2.13. The Bertz CT molecular complexity index is 505. The maximum atomic E-state index is 12.3. The highest BCUT2D eigenvalue weighted by Crippen LogP contribution is 2.17. The SMILES string of the molecule is O=C(/C=C/c1ccccc1C(=O)N1CCCC1)NO. The monoisotopic (exact) mass is 260 g/mol. The van der Waals surface area contributed by atoms with Gasteiger partial charge in [0.25, 0.3) is 11.8 Å². The lowest BCUT2D eigenvalue weighted by Crippen LogP contribution is -2.28. The molecule has 100 valence electrons. The Balaban J connectivity index is 2.22. The van der Waals surface area contributed by atoms with E-state index in [4.69, 9.17) is 5.21 Å². The molecule has 1 saturated heterocycles. The Morgan fingerprint density at radius 2 is 1.89 bits per heavy atom. The van der Waals surface area contributed by atoms with Crippen LogP contribution in [0.1, 0.15) is 28.8 Å². The molecule has 1 aliphatic rings. The third-order valence-electron chi connectivity index (χ3n) is 3.11. The van der Waals surface area contributed by atoms with Crippen molar-refractivity contribution in [3.63, 3.8) is 0 Å². The third kappa shape index (κ3) is 3.20. The fraction of sp³-hybridized carbons (Fsp3) is 0.286. The molecule has 0 atom stereocenters. The van der Waals surface area contributed by atoms with Crippen LogP contribution in [-0.4, -0.2) is 35.0 Å². The summed E-state index contributed by atoms with van der Waals surface area (Å²) < 4.78 is 0. The minimum absolute atomic E-state index is 0.0119. The summed E-state index contributed by atoms with van der Waals surface area (Å²) in [5.41, 5.74) is 2.76. The van der Waals surface area contributed by atoms with E-state index in [2.05, 4.69) is 0 Å². The summed E-state index contributed by atoms with van der Waals surface area (Å²) in [5.74, 6) is -0.634. The van der Waals surface area contributed by atoms with Gasteiger partial charge in [0.05, 0.1) is 0 Å². The van der Waals surface area contributed by atoms with Gasteiger partial charge in [0.15, 0.2) is 0 Å². The molecule has 1 aromatic rings. The molecule has 0 aliphatic carbocycles. The Morgan fingerprint density at radius 3 is 2.58 bits per heavy atom. The van der Waals surface area contributed by atoms with Crippen molar-refractivity contribution in [2.75, 3.05) is 13.1 Å². The minimum atomic E-state index is -0.622. The molecule has 2 rings (SSSR count). The zero-order chi connectivity index (χ0) is 13.7. The van der Waals surface area contributed by atoms with Crippen molar-refractivity contribution in [1.29, 1.82) is 0 Å². The van der Waals surface area contributed by atoms with Gasteiger partial charge in [-0.25, -0.2) is 5.48 Å². The molecule has 0 aromatic heterocycles. The van der Waals surface area contributed by atoms with E-state index < -0.39 is 5.91 Å². The molecule has 0 saturated carbocycles. The summed E-state index contributed by atoms with van der Waals surface area (Å²) in [5, 5.41) is 8.44. The first-order valence-corrected chi connectivity index (χ1v) is 6.23. The van der Waals surface area contributed by atoms with Gasteiger partial charge in [0, 0.05) is 24.7 Å². The second-order valence-electron chi connectivity index (χ2n) is 4.40. The van der Waals surface area contributed by atoms with E-state index >= 15 is 0 Å². The van der Waals surface area contributed by atoms with Crippen molar-refractivity contribution in [2.45, 2.75) is 12.8 Å². The Hall–Kier alpha value is -2.14. The fourth-order valence-corrected chi connectivity index (χ4v) is 2.13. The van der Waals surface area contributed by atoms with Crippen LogP contribution in [-0.2, 0) is 4.79 Å². The highest BCUT2D eigenvalue weighted by Gasteiger charge is 2.20. The van der Waals surface area contributed by atoms with E-state index in [1.54, 1.807) is 24.3 Å². The van der Waals surface area contributed by atoms with Gasteiger partial charge in [-0.15, -0.1) is 0 Å². The van der Waals surface area contributed by atoms with Gasteiger partial charge in [-0.2, -0.15) is 0 Å². The molecule has 2 amide bonds. The highest BCUT2D eigenvalue weighted by atomic mass is 16.5. The van der Waals surface area contributed by atoms with Gasteiger partial charge in [0.1, 0.15) is 0 Å². The molecular weight excluding hydrogens is 244 g/mol. The summed E-state index contributed by atoms with van der Waals surface area (Å²) >= 11 is 0. The lowest BCUT2D eigenvalue weighted by Gasteiger charge is -2.16. The first kappa shape index (κ1) is 13.3. The minimum Gasteiger partial charge on any atom is -0.339 e. The summed E-state index contributed by atoms with van der Waals surface area (Å²) in [6.07, 6.45) is 4.79. The van der Waals surface area contributed by atoms with E-state index in [0.29, 0.717) is 11.1 Å². The Kier molecular flexibility index (Phi) is 4.30. The second kappa shape index (κ2) is 6.15. The van der Waals surface area contributed by atoms with Crippen LogP contribution < -0.4 is 5.48 Å². The Labute approximate surface area is 111 Å². The molecule has 1 aliphatic heterocycles. The number of benzene rings is 1. The summed E-state index contributed by atoms with van der Waals surface area (Å²) in [6.45, 7) is 1.57. The van der Waals surface area contributed by atoms with E-state index in [-0.39, 0.29) is 5.91 Å². The number of carbonyl (C=O) groups excluding carboxylic acids is 2. The van der Waals surface area contributed by atoms with Crippen molar-refractivity contribution in [1.82, 2.24) is 10.4 Å². The smallest absolute Gasteiger partial charge is 0.267 e. The lowest BCUT2D eigenvalue weighted by atomic mass is 10.1. The van der Waals surface area contributed by atoms with Crippen LogP contribution in [0.5, 0.6) is 0 Å². The third-order valence-corrected chi connectivity index (χ3v) is 3.11.